The number of hydrogen-bond acceptors (Lipinski definition) is 7. The van der Waals surface area contributed by atoms with E-state index in [1.54, 1.807) is 7.11 Å². The van der Waals surface area contributed by atoms with Gasteiger partial charge in [0.1, 0.15) is 12.7 Å². The summed E-state index contributed by atoms with van der Waals surface area (Å²) in [5, 5.41) is 10.4. The van der Waals surface area contributed by atoms with Crippen molar-refractivity contribution in [2.24, 2.45) is 0 Å². The Bertz CT molecular complexity index is 599. The first kappa shape index (κ1) is 21.3. The van der Waals surface area contributed by atoms with E-state index < -0.39 is 6.10 Å². The predicted octanol–water partition coefficient (Wildman–Crippen LogP) is 0.430. The number of β-amino-alcohol motifs (C(OH)–C–C–N with tert-alkyl or cyclic N) is 1. The Morgan fingerprint density at radius 1 is 0.893 bits per heavy atom. The molecular weight excluding hydrogens is 356 g/mol. The van der Waals surface area contributed by atoms with Gasteiger partial charge in [0.05, 0.1) is 7.11 Å². The maximum Gasteiger partial charge on any atom is 0.161 e. The molecular formula is C21H36N4O3. The number of methoxy groups -OCH3 is 1. The third kappa shape index (κ3) is 6.32. The van der Waals surface area contributed by atoms with Crippen LogP contribution in [0, 0.1) is 0 Å². The lowest BCUT2D eigenvalue weighted by Gasteiger charge is -2.33. The molecule has 7 heteroatoms. The van der Waals surface area contributed by atoms with Gasteiger partial charge in [0, 0.05) is 65.4 Å². The summed E-state index contributed by atoms with van der Waals surface area (Å²) in [5.74, 6) is 1.43. The van der Waals surface area contributed by atoms with E-state index >= 15 is 0 Å². The number of aliphatic hydroxyl groups excluding tert-OH is 1. The summed E-state index contributed by atoms with van der Waals surface area (Å²) in [5.41, 5.74) is 1.22. The molecule has 0 saturated carbocycles. The Labute approximate surface area is 169 Å². The summed E-state index contributed by atoms with van der Waals surface area (Å²) in [6, 6.07) is 6.12. The molecule has 0 spiro atoms. The number of benzene rings is 1. The number of aliphatic hydroxyl groups is 1. The van der Waals surface area contributed by atoms with Crippen LogP contribution in [0.3, 0.4) is 0 Å². The van der Waals surface area contributed by atoms with E-state index in [9.17, 15) is 5.11 Å². The fourth-order valence-electron chi connectivity index (χ4n) is 3.76. The quantitative estimate of drug-likeness (QED) is 0.689. The average Bonchev–Trinajstić information content (AvgIpc) is 2.70. The molecule has 158 valence electrons. The molecule has 28 heavy (non-hydrogen) atoms. The zero-order valence-electron chi connectivity index (χ0n) is 17.6. The van der Waals surface area contributed by atoms with Gasteiger partial charge in [-0.25, -0.2) is 0 Å². The number of rotatable bonds is 8. The molecule has 2 aliphatic rings. The number of likely N-dealkylation sites (N-methyl/N-ethyl adjacent to an activating group) is 2. The third-order valence-electron chi connectivity index (χ3n) is 5.73. The van der Waals surface area contributed by atoms with Gasteiger partial charge in [-0.05, 0) is 31.8 Å². The summed E-state index contributed by atoms with van der Waals surface area (Å²) in [4.78, 5) is 9.44. The van der Waals surface area contributed by atoms with Crippen molar-refractivity contribution in [2.45, 2.75) is 12.6 Å². The van der Waals surface area contributed by atoms with Crippen molar-refractivity contribution < 1.29 is 14.6 Å². The number of piperazine rings is 2. The standard InChI is InChI=1S/C21H36N4O3/c1-22-6-10-24(11-7-22)15-18-4-5-20(27-3)21(14-18)28-17-19(26)16-25-12-8-23(2)9-13-25/h4-5,14,19,26H,6-13,15-17H2,1-3H3/t19-/m1/s1. The van der Waals surface area contributed by atoms with Gasteiger partial charge in [0.15, 0.2) is 11.5 Å². The van der Waals surface area contributed by atoms with Crippen molar-refractivity contribution in [1.29, 1.82) is 0 Å². The van der Waals surface area contributed by atoms with Crippen molar-refractivity contribution in [2.75, 3.05) is 86.7 Å². The summed E-state index contributed by atoms with van der Waals surface area (Å²) in [6.45, 7) is 10.3. The molecule has 1 aromatic rings. The van der Waals surface area contributed by atoms with Gasteiger partial charge in [-0.15, -0.1) is 0 Å². The van der Waals surface area contributed by atoms with Gasteiger partial charge in [-0.2, -0.15) is 0 Å². The number of hydrogen-bond donors (Lipinski definition) is 1. The minimum absolute atomic E-state index is 0.278. The van der Waals surface area contributed by atoms with Gasteiger partial charge in [0.2, 0.25) is 0 Å². The van der Waals surface area contributed by atoms with Crippen LogP contribution in [0.2, 0.25) is 0 Å². The Hall–Kier alpha value is -1.38. The SMILES string of the molecule is COc1ccc(CN2CCN(C)CC2)cc1OC[C@H](O)CN1CCN(C)CC1. The fourth-order valence-corrected chi connectivity index (χ4v) is 3.76. The van der Waals surface area contributed by atoms with Crippen molar-refractivity contribution >= 4 is 0 Å². The molecule has 2 aliphatic heterocycles. The first-order valence-corrected chi connectivity index (χ1v) is 10.3. The number of nitrogens with zero attached hydrogens (tertiary/aromatic N) is 4. The lowest BCUT2D eigenvalue weighted by atomic mass is 10.1. The lowest BCUT2D eigenvalue weighted by Crippen LogP contribution is -2.47. The first-order chi connectivity index (χ1) is 13.5. The van der Waals surface area contributed by atoms with Gasteiger partial charge in [-0.3, -0.25) is 9.80 Å². The van der Waals surface area contributed by atoms with Crippen LogP contribution >= 0.6 is 0 Å². The second-order valence-corrected chi connectivity index (χ2v) is 8.13. The maximum atomic E-state index is 10.4. The summed E-state index contributed by atoms with van der Waals surface area (Å²) in [6.07, 6.45) is -0.505. The van der Waals surface area contributed by atoms with Crippen molar-refractivity contribution in [3.05, 3.63) is 23.8 Å². The zero-order chi connectivity index (χ0) is 19.9. The molecule has 1 atom stereocenters. The van der Waals surface area contributed by atoms with Gasteiger partial charge >= 0.3 is 0 Å². The molecule has 3 rings (SSSR count). The Kier molecular flexibility index (Phi) is 7.93. The lowest BCUT2D eigenvalue weighted by molar-refractivity contribution is 0.0497. The van der Waals surface area contributed by atoms with Crippen molar-refractivity contribution in [3.8, 4) is 11.5 Å². The third-order valence-corrected chi connectivity index (χ3v) is 5.73. The highest BCUT2D eigenvalue weighted by Crippen LogP contribution is 2.29. The maximum absolute atomic E-state index is 10.4. The predicted molar refractivity (Wildman–Crippen MR) is 111 cm³/mol. The first-order valence-electron chi connectivity index (χ1n) is 10.3. The van der Waals surface area contributed by atoms with E-state index in [1.807, 2.05) is 6.07 Å². The molecule has 7 nitrogen and oxygen atoms in total. The summed E-state index contributed by atoms with van der Waals surface area (Å²) in [7, 11) is 5.96. The molecule has 0 unspecified atom stereocenters. The topological polar surface area (TPSA) is 51.7 Å². The monoisotopic (exact) mass is 392 g/mol. The molecule has 2 saturated heterocycles. The Morgan fingerprint density at radius 3 is 2.11 bits per heavy atom. The highest BCUT2D eigenvalue weighted by Gasteiger charge is 2.19. The molecule has 0 aliphatic carbocycles. The minimum Gasteiger partial charge on any atom is -0.493 e. The zero-order valence-corrected chi connectivity index (χ0v) is 17.6. The molecule has 0 bridgehead atoms. The van der Waals surface area contributed by atoms with E-state index in [0.29, 0.717) is 18.0 Å². The normalized spacial score (nSPS) is 21.6. The van der Waals surface area contributed by atoms with E-state index in [-0.39, 0.29) is 6.61 Å². The highest BCUT2D eigenvalue weighted by molar-refractivity contribution is 5.43. The van der Waals surface area contributed by atoms with E-state index in [2.05, 4.69) is 45.8 Å². The van der Waals surface area contributed by atoms with Crippen LogP contribution in [0.15, 0.2) is 18.2 Å². The van der Waals surface area contributed by atoms with E-state index in [1.165, 1.54) is 5.56 Å². The number of ether oxygens (including phenoxy) is 2. The molecule has 1 aromatic carbocycles. The molecule has 0 amide bonds. The van der Waals surface area contributed by atoms with Gasteiger partial charge in [0.25, 0.3) is 0 Å². The minimum atomic E-state index is -0.505. The van der Waals surface area contributed by atoms with Crippen molar-refractivity contribution in [3.63, 3.8) is 0 Å². The molecule has 2 fully saturated rings. The second-order valence-electron chi connectivity index (χ2n) is 8.13. The van der Waals surface area contributed by atoms with Crippen LogP contribution in [0.5, 0.6) is 11.5 Å². The van der Waals surface area contributed by atoms with Crippen LogP contribution in [0.1, 0.15) is 5.56 Å². The van der Waals surface area contributed by atoms with Crippen LogP contribution in [0.4, 0.5) is 0 Å². The van der Waals surface area contributed by atoms with Crippen LogP contribution in [-0.2, 0) is 6.54 Å². The summed E-state index contributed by atoms with van der Waals surface area (Å²) >= 11 is 0. The Balaban J connectivity index is 1.51. The van der Waals surface area contributed by atoms with E-state index in [0.717, 1.165) is 58.9 Å². The van der Waals surface area contributed by atoms with Crippen LogP contribution < -0.4 is 9.47 Å². The highest BCUT2D eigenvalue weighted by atomic mass is 16.5. The van der Waals surface area contributed by atoms with Crippen LogP contribution in [-0.4, -0.2) is 118 Å². The van der Waals surface area contributed by atoms with Gasteiger partial charge in [-0.1, -0.05) is 6.07 Å². The molecule has 0 radical (unpaired) electrons. The largest absolute Gasteiger partial charge is 0.493 e. The second kappa shape index (κ2) is 10.4. The van der Waals surface area contributed by atoms with Crippen LogP contribution in [0.25, 0.3) is 0 Å². The average molecular weight is 393 g/mol. The van der Waals surface area contributed by atoms with Crippen molar-refractivity contribution in [1.82, 2.24) is 19.6 Å². The molecule has 1 N–H and O–H groups in total. The van der Waals surface area contributed by atoms with Gasteiger partial charge < -0.3 is 24.4 Å². The molecule has 2 heterocycles. The summed E-state index contributed by atoms with van der Waals surface area (Å²) < 4.78 is 11.4. The smallest absolute Gasteiger partial charge is 0.161 e. The Morgan fingerprint density at radius 2 is 1.50 bits per heavy atom. The fraction of sp³-hybridized carbons (Fsp3) is 0.714. The van der Waals surface area contributed by atoms with E-state index in [4.69, 9.17) is 9.47 Å². The molecule has 0 aromatic heterocycles.